The lowest BCUT2D eigenvalue weighted by Gasteiger charge is -2.35. The molecular weight excluding hydrogens is 456 g/mol. The Kier molecular flexibility index (Phi) is 8.37. The Morgan fingerprint density at radius 2 is 1.89 bits per heavy atom. The summed E-state index contributed by atoms with van der Waals surface area (Å²) in [6.45, 7) is 2.10. The molecule has 194 valence electrons. The van der Waals surface area contributed by atoms with Crippen molar-refractivity contribution in [2.45, 2.75) is 68.4 Å². The van der Waals surface area contributed by atoms with Crippen LogP contribution in [0.5, 0.6) is 17.2 Å². The van der Waals surface area contributed by atoms with Crippen molar-refractivity contribution < 1.29 is 33.7 Å². The smallest absolute Gasteiger partial charge is 0.242 e. The number of aldehydes is 1. The highest BCUT2D eigenvalue weighted by molar-refractivity contribution is 5.94. The number of nitrogens with one attached hydrogen (secondary N) is 3. The lowest BCUT2D eigenvalue weighted by Crippen LogP contribution is -2.69. The van der Waals surface area contributed by atoms with E-state index in [1.165, 1.54) is 28.3 Å². The molecule has 1 aromatic rings. The summed E-state index contributed by atoms with van der Waals surface area (Å²) in [6.07, 6.45) is 1.54. The van der Waals surface area contributed by atoms with Crippen molar-refractivity contribution in [2.24, 2.45) is 5.73 Å². The number of ketones is 1. The maximum Gasteiger partial charge on any atom is 0.242 e. The van der Waals surface area contributed by atoms with Gasteiger partial charge in [0.1, 0.15) is 5.54 Å². The third-order valence-electron chi connectivity index (χ3n) is 6.94. The van der Waals surface area contributed by atoms with Crippen LogP contribution >= 0.6 is 0 Å². The van der Waals surface area contributed by atoms with E-state index in [4.69, 9.17) is 19.9 Å². The highest BCUT2D eigenvalue weighted by atomic mass is 16.5. The van der Waals surface area contributed by atoms with Crippen LogP contribution in [0.3, 0.4) is 0 Å². The van der Waals surface area contributed by atoms with Gasteiger partial charge in [0.2, 0.25) is 11.7 Å². The number of nitrogens with two attached hydrogens (primary N) is 1. The minimum absolute atomic E-state index is 0.00647. The van der Waals surface area contributed by atoms with Crippen LogP contribution in [0.2, 0.25) is 0 Å². The number of hydrogen-bond acceptors (Lipinski definition) is 10. The van der Waals surface area contributed by atoms with Gasteiger partial charge in [-0.05, 0) is 63.3 Å². The van der Waals surface area contributed by atoms with Gasteiger partial charge in [0.25, 0.3) is 0 Å². The molecule has 0 aliphatic carbocycles. The number of aliphatic hydroxyl groups is 1. The molecule has 1 aromatic carbocycles. The summed E-state index contributed by atoms with van der Waals surface area (Å²) in [5.74, 6) is 0.669. The minimum Gasteiger partial charge on any atom is -0.493 e. The first-order valence-corrected chi connectivity index (χ1v) is 11.7. The van der Waals surface area contributed by atoms with Gasteiger partial charge in [-0.25, -0.2) is 0 Å². The lowest BCUT2D eigenvalue weighted by molar-refractivity contribution is -0.134. The van der Waals surface area contributed by atoms with Gasteiger partial charge in [0.05, 0.1) is 39.5 Å². The molecule has 0 radical (unpaired) electrons. The normalized spacial score (nSPS) is 26.5. The summed E-state index contributed by atoms with van der Waals surface area (Å²) in [4.78, 5) is 38.4. The van der Waals surface area contributed by atoms with E-state index in [0.717, 1.165) is 19.4 Å². The number of Topliss-reactive ketones (excluding diaryl/α,β-unsaturated/α-hetero) is 1. The average Bonchev–Trinajstić information content (AvgIpc) is 3.54. The predicted octanol–water partition coefficient (Wildman–Crippen LogP) is -0.582. The van der Waals surface area contributed by atoms with E-state index in [1.807, 2.05) is 0 Å². The third kappa shape index (κ3) is 5.43. The molecule has 0 bridgehead atoms. The van der Waals surface area contributed by atoms with Gasteiger partial charge in [-0.15, -0.1) is 0 Å². The van der Waals surface area contributed by atoms with Crippen LogP contribution in [0.25, 0.3) is 0 Å². The van der Waals surface area contributed by atoms with Gasteiger partial charge in [-0.1, -0.05) is 0 Å². The molecule has 11 nitrogen and oxygen atoms in total. The van der Waals surface area contributed by atoms with Gasteiger partial charge >= 0.3 is 0 Å². The van der Waals surface area contributed by atoms with E-state index in [1.54, 1.807) is 12.1 Å². The van der Waals surface area contributed by atoms with Crippen molar-refractivity contribution in [3.8, 4) is 17.2 Å². The molecule has 2 heterocycles. The quantitative estimate of drug-likeness (QED) is 0.200. The van der Waals surface area contributed by atoms with Gasteiger partial charge < -0.3 is 35.7 Å². The van der Waals surface area contributed by atoms with Gasteiger partial charge in [-0.3, -0.25) is 19.7 Å². The first kappa shape index (κ1) is 26.9. The predicted molar refractivity (Wildman–Crippen MR) is 128 cm³/mol. The number of hydrogen-bond donors (Lipinski definition) is 5. The third-order valence-corrected chi connectivity index (χ3v) is 6.94. The molecule has 5 atom stereocenters. The molecule has 1 amide bonds. The van der Waals surface area contributed by atoms with Crippen LogP contribution in [0.15, 0.2) is 12.1 Å². The van der Waals surface area contributed by atoms with Gasteiger partial charge in [0.15, 0.2) is 29.2 Å². The molecule has 2 fully saturated rings. The Morgan fingerprint density at radius 3 is 2.37 bits per heavy atom. The Balaban J connectivity index is 1.97. The zero-order valence-corrected chi connectivity index (χ0v) is 20.7. The molecule has 2 aliphatic rings. The molecule has 3 unspecified atom stereocenters. The number of carbonyl (C=O) groups excluding carboxylic acids is 3. The Morgan fingerprint density at radius 1 is 1.23 bits per heavy atom. The van der Waals surface area contributed by atoms with Gasteiger partial charge in [-0.2, -0.15) is 0 Å². The summed E-state index contributed by atoms with van der Waals surface area (Å²) in [5.41, 5.74) is 3.41. The van der Waals surface area contributed by atoms with Crippen molar-refractivity contribution in [2.75, 3.05) is 27.9 Å². The summed E-state index contributed by atoms with van der Waals surface area (Å²) in [6, 6.07) is 2.66. The Bertz CT molecular complexity index is 925. The molecule has 35 heavy (non-hydrogen) atoms. The Hall–Kier alpha value is -2.73. The molecular formula is C24H36N4O7. The van der Waals surface area contributed by atoms with Crippen LogP contribution < -0.4 is 35.9 Å². The van der Waals surface area contributed by atoms with E-state index in [0.29, 0.717) is 41.9 Å². The van der Waals surface area contributed by atoms with E-state index in [9.17, 15) is 19.5 Å². The molecule has 6 N–H and O–H groups in total. The number of amides is 1. The first-order valence-electron chi connectivity index (χ1n) is 11.7. The maximum absolute atomic E-state index is 13.6. The van der Waals surface area contributed by atoms with E-state index < -0.39 is 29.3 Å². The summed E-state index contributed by atoms with van der Waals surface area (Å²) in [7, 11) is 4.49. The molecule has 2 saturated heterocycles. The molecule has 3 rings (SSSR count). The highest BCUT2D eigenvalue weighted by Crippen LogP contribution is 2.40. The Labute approximate surface area is 205 Å². The summed E-state index contributed by atoms with van der Waals surface area (Å²) >= 11 is 0. The topological polar surface area (TPSA) is 161 Å². The maximum atomic E-state index is 13.6. The largest absolute Gasteiger partial charge is 0.493 e. The zero-order chi connectivity index (χ0) is 25.8. The van der Waals surface area contributed by atoms with E-state index in [-0.39, 0.29) is 18.2 Å². The second-order valence-corrected chi connectivity index (χ2v) is 9.26. The first-order chi connectivity index (χ1) is 16.6. The summed E-state index contributed by atoms with van der Waals surface area (Å²) < 4.78 is 16.3. The second-order valence-electron chi connectivity index (χ2n) is 9.26. The van der Waals surface area contributed by atoms with Crippen molar-refractivity contribution >= 4 is 18.0 Å². The van der Waals surface area contributed by atoms with Crippen molar-refractivity contribution in [3.63, 3.8) is 0 Å². The number of aliphatic hydroxyl groups excluding tert-OH is 1. The number of benzene rings is 1. The fourth-order valence-electron chi connectivity index (χ4n) is 4.79. The fraction of sp³-hybridized carbons (Fsp3) is 0.625. The SMILES string of the molecule is COc1cc(CC2(C(=O)N[C@](N)(C=O)[C@@H](C)O)CCC(C(=O)C3CCCN3)N2)cc(OC)c1OC. The lowest BCUT2D eigenvalue weighted by atomic mass is 9.87. The molecule has 0 saturated carbocycles. The monoisotopic (exact) mass is 492 g/mol. The standard InChI is InChI=1S/C24H36N4O7/c1-14(30)24(25,13-29)28-22(32)23(8-7-17(27-23)20(31)16-6-5-9-26-16)12-15-10-18(33-2)21(35-4)19(11-15)34-3/h10-11,13-14,16-17,26-27,30H,5-9,12,25H2,1-4H3,(H,28,32)/t14-,16?,17?,23?,24-/m1/s1. The second kappa shape index (κ2) is 10.9. The van der Waals surface area contributed by atoms with Crippen LogP contribution in [-0.2, 0) is 20.8 Å². The molecule has 11 heteroatoms. The van der Waals surface area contributed by atoms with Crippen molar-refractivity contribution in [3.05, 3.63) is 17.7 Å². The zero-order valence-electron chi connectivity index (χ0n) is 20.7. The van der Waals surface area contributed by atoms with Gasteiger partial charge in [0, 0.05) is 0 Å². The number of ether oxygens (including phenoxy) is 3. The fourth-order valence-corrected chi connectivity index (χ4v) is 4.79. The number of carbonyl (C=O) groups is 3. The van der Waals surface area contributed by atoms with Crippen LogP contribution in [0.1, 0.15) is 38.2 Å². The number of methoxy groups -OCH3 is 3. The van der Waals surface area contributed by atoms with Crippen molar-refractivity contribution in [1.82, 2.24) is 16.0 Å². The van der Waals surface area contributed by atoms with E-state index >= 15 is 0 Å². The van der Waals surface area contributed by atoms with Crippen LogP contribution in [-0.4, -0.2) is 80.3 Å². The highest BCUT2D eigenvalue weighted by Gasteiger charge is 2.50. The summed E-state index contributed by atoms with van der Waals surface area (Å²) in [5, 5.41) is 19.0. The van der Waals surface area contributed by atoms with Crippen LogP contribution in [0.4, 0.5) is 0 Å². The molecule has 0 aromatic heterocycles. The molecule has 2 aliphatic heterocycles. The van der Waals surface area contributed by atoms with E-state index in [2.05, 4.69) is 16.0 Å². The minimum atomic E-state index is -1.98. The molecule has 0 spiro atoms. The number of rotatable bonds is 11. The average molecular weight is 493 g/mol. The van der Waals surface area contributed by atoms with Crippen LogP contribution in [0, 0.1) is 0 Å². The van der Waals surface area contributed by atoms with Crippen molar-refractivity contribution in [1.29, 1.82) is 0 Å².